The predicted octanol–water partition coefficient (Wildman–Crippen LogP) is 6.24. The third-order valence-corrected chi connectivity index (χ3v) is 7.69. The summed E-state index contributed by atoms with van der Waals surface area (Å²) in [5.41, 5.74) is 3.34. The monoisotopic (exact) mass is 612 g/mol. The van der Waals surface area contributed by atoms with Crippen molar-refractivity contribution >= 4 is 51.7 Å². The van der Waals surface area contributed by atoms with E-state index in [-0.39, 0.29) is 30.6 Å². The van der Waals surface area contributed by atoms with Crippen LogP contribution in [0.5, 0.6) is 11.5 Å². The van der Waals surface area contributed by atoms with Crippen LogP contribution < -0.4 is 14.8 Å². The number of methoxy groups -OCH3 is 3. The average Bonchev–Trinajstić information content (AvgIpc) is 3.42. The number of ether oxygens (including phenoxy) is 3. The molecule has 3 amide bonds. The normalized spacial score (nSPS) is 10.9. The molecule has 3 aromatic carbocycles. The number of aromatic amines is 1. The van der Waals surface area contributed by atoms with Gasteiger partial charge in [0.1, 0.15) is 6.54 Å². The van der Waals surface area contributed by atoms with Gasteiger partial charge in [0.2, 0.25) is 5.91 Å². The standard InChI is InChI=1S/C31H34Cl2N4O5/c1-40-16-15-37(31(39)35-26-10-6-8-24(32)30(26)33)20-29(38)36(19-21-11-12-27(41-2)28(17-21)42-3)14-13-22-18-34-25-9-5-4-7-23(22)25/h4-12,17-18,34H,13-16,19-20H2,1-3H3,(H,35,39). The minimum Gasteiger partial charge on any atom is -0.493 e. The molecular weight excluding hydrogens is 579 g/mol. The molecule has 0 atom stereocenters. The highest BCUT2D eigenvalue weighted by Crippen LogP contribution is 2.30. The molecule has 4 rings (SSSR count). The molecular formula is C31H34Cl2N4O5. The lowest BCUT2D eigenvalue weighted by molar-refractivity contribution is -0.132. The molecule has 0 aliphatic rings. The first-order valence-corrected chi connectivity index (χ1v) is 14.1. The Labute approximate surface area is 255 Å². The van der Waals surface area contributed by atoms with E-state index in [0.29, 0.717) is 41.7 Å². The second-order valence-electron chi connectivity index (χ2n) is 9.56. The van der Waals surface area contributed by atoms with Crippen LogP contribution in [0.1, 0.15) is 11.1 Å². The molecule has 42 heavy (non-hydrogen) atoms. The Morgan fingerprint density at radius 3 is 2.45 bits per heavy atom. The van der Waals surface area contributed by atoms with Gasteiger partial charge in [-0.25, -0.2) is 4.79 Å². The molecule has 11 heteroatoms. The maximum absolute atomic E-state index is 13.9. The van der Waals surface area contributed by atoms with Gasteiger partial charge in [0, 0.05) is 43.8 Å². The number of carbonyl (C=O) groups excluding carboxylic acids is 2. The molecule has 0 spiro atoms. The Hall–Kier alpha value is -3.92. The highest BCUT2D eigenvalue weighted by Gasteiger charge is 2.23. The number of para-hydroxylation sites is 1. The van der Waals surface area contributed by atoms with Crippen LogP contribution in [-0.2, 0) is 22.5 Å². The van der Waals surface area contributed by atoms with Crippen LogP contribution in [0.25, 0.3) is 10.9 Å². The molecule has 0 aliphatic carbocycles. The largest absolute Gasteiger partial charge is 0.493 e. The van der Waals surface area contributed by atoms with Crippen molar-refractivity contribution in [3.05, 3.63) is 88.0 Å². The number of urea groups is 1. The molecule has 222 valence electrons. The van der Waals surface area contributed by atoms with E-state index in [4.69, 9.17) is 37.4 Å². The number of halogens is 2. The number of nitrogens with zero attached hydrogens (tertiary/aromatic N) is 2. The van der Waals surface area contributed by atoms with Crippen LogP contribution >= 0.6 is 23.2 Å². The van der Waals surface area contributed by atoms with Gasteiger partial charge in [0.15, 0.2) is 11.5 Å². The fourth-order valence-corrected chi connectivity index (χ4v) is 4.94. The minimum absolute atomic E-state index is 0.172. The van der Waals surface area contributed by atoms with Gasteiger partial charge in [0.05, 0.1) is 36.6 Å². The van der Waals surface area contributed by atoms with Crippen molar-refractivity contribution in [1.82, 2.24) is 14.8 Å². The topological polar surface area (TPSA) is 96.1 Å². The van der Waals surface area contributed by atoms with Gasteiger partial charge in [-0.3, -0.25) is 4.79 Å². The predicted molar refractivity (Wildman–Crippen MR) is 166 cm³/mol. The molecule has 0 saturated heterocycles. The molecule has 0 radical (unpaired) electrons. The molecule has 2 N–H and O–H groups in total. The van der Waals surface area contributed by atoms with E-state index in [1.165, 1.54) is 12.0 Å². The smallest absolute Gasteiger partial charge is 0.322 e. The van der Waals surface area contributed by atoms with Crippen molar-refractivity contribution in [2.24, 2.45) is 0 Å². The van der Waals surface area contributed by atoms with E-state index in [9.17, 15) is 9.59 Å². The molecule has 0 bridgehead atoms. The summed E-state index contributed by atoms with van der Waals surface area (Å²) in [4.78, 5) is 33.6. The van der Waals surface area contributed by atoms with Gasteiger partial charge in [-0.1, -0.05) is 53.5 Å². The molecule has 1 aromatic heterocycles. The molecule has 0 unspecified atom stereocenters. The van der Waals surface area contributed by atoms with Crippen LogP contribution in [0.15, 0.2) is 66.9 Å². The lowest BCUT2D eigenvalue weighted by atomic mass is 10.1. The van der Waals surface area contributed by atoms with Crippen molar-refractivity contribution in [1.29, 1.82) is 0 Å². The number of anilines is 1. The molecule has 1 heterocycles. The Kier molecular flexibility index (Phi) is 10.9. The lowest BCUT2D eigenvalue weighted by Gasteiger charge is -2.28. The summed E-state index contributed by atoms with van der Waals surface area (Å²) in [5, 5.41) is 4.41. The summed E-state index contributed by atoms with van der Waals surface area (Å²) in [7, 11) is 4.68. The van der Waals surface area contributed by atoms with E-state index < -0.39 is 6.03 Å². The third kappa shape index (κ3) is 7.67. The summed E-state index contributed by atoms with van der Waals surface area (Å²) in [6, 6.07) is 18.1. The number of hydrogen-bond acceptors (Lipinski definition) is 5. The number of amides is 3. The van der Waals surface area contributed by atoms with Gasteiger partial charge < -0.3 is 34.3 Å². The van der Waals surface area contributed by atoms with Crippen LogP contribution in [-0.4, -0.2) is 74.3 Å². The Bertz CT molecular complexity index is 1530. The number of aromatic nitrogens is 1. The molecule has 0 aliphatic heterocycles. The second-order valence-corrected chi connectivity index (χ2v) is 10.3. The summed E-state index contributed by atoms with van der Waals surface area (Å²) in [5.74, 6) is 0.937. The number of fused-ring (bicyclic) bond motifs is 1. The van der Waals surface area contributed by atoms with Crippen molar-refractivity contribution in [2.45, 2.75) is 13.0 Å². The first-order valence-electron chi connectivity index (χ1n) is 13.4. The number of carbonyl (C=O) groups is 2. The highest BCUT2D eigenvalue weighted by molar-refractivity contribution is 6.44. The van der Waals surface area contributed by atoms with E-state index in [0.717, 1.165) is 22.0 Å². The third-order valence-electron chi connectivity index (χ3n) is 6.87. The fourth-order valence-electron chi connectivity index (χ4n) is 4.60. The van der Waals surface area contributed by atoms with Crippen molar-refractivity contribution in [2.75, 3.05) is 52.9 Å². The zero-order chi connectivity index (χ0) is 30.1. The number of rotatable bonds is 13. The highest BCUT2D eigenvalue weighted by atomic mass is 35.5. The zero-order valence-corrected chi connectivity index (χ0v) is 25.3. The average molecular weight is 614 g/mol. The van der Waals surface area contributed by atoms with Gasteiger partial charge in [-0.05, 0) is 47.9 Å². The van der Waals surface area contributed by atoms with Crippen LogP contribution in [0.2, 0.25) is 10.0 Å². The van der Waals surface area contributed by atoms with Crippen molar-refractivity contribution < 1.29 is 23.8 Å². The van der Waals surface area contributed by atoms with Gasteiger partial charge in [-0.15, -0.1) is 0 Å². The molecule has 4 aromatic rings. The van der Waals surface area contributed by atoms with Crippen LogP contribution in [0, 0.1) is 0 Å². The zero-order valence-electron chi connectivity index (χ0n) is 23.8. The minimum atomic E-state index is -0.493. The van der Waals surface area contributed by atoms with E-state index >= 15 is 0 Å². The summed E-state index contributed by atoms with van der Waals surface area (Å²) in [6.07, 6.45) is 2.59. The Morgan fingerprint density at radius 1 is 0.905 bits per heavy atom. The maximum atomic E-state index is 13.9. The van der Waals surface area contributed by atoms with Crippen molar-refractivity contribution in [3.63, 3.8) is 0 Å². The van der Waals surface area contributed by atoms with Crippen molar-refractivity contribution in [3.8, 4) is 11.5 Å². The van der Waals surface area contributed by atoms with E-state index in [1.807, 2.05) is 42.6 Å². The number of benzene rings is 3. The summed E-state index contributed by atoms with van der Waals surface area (Å²) >= 11 is 12.4. The van der Waals surface area contributed by atoms with Crippen LogP contribution in [0.3, 0.4) is 0 Å². The molecule has 9 nitrogen and oxygen atoms in total. The number of hydrogen-bond donors (Lipinski definition) is 2. The molecule has 0 saturated carbocycles. The SMILES string of the molecule is COCCN(CC(=O)N(CCc1c[nH]c2ccccc12)Cc1ccc(OC)c(OC)c1)C(=O)Nc1cccc(Cl)c1Cl. The number of H-pyrrole nitrogens is 1. The van der Waals surface area contributed by atoms with E-state index in [1.54, 1.807) is 37.3 Å². The van der Waals surface area contributed by atoms with E-state index in [2.05, 4.69) is 16.4 Å². The van der Waals surface area contributed by atoms with Crippen LogP contribution in [0.4, 0.5) is 10.5 Å². The second kappa shape index (κ2) is 14.8. The summed E-state index contributed by atoms with van der Waals surface area (Å²) in [6.45, 7) is 0.999. The Balaban J connectivity index is 1.56. The van der Waals surface area contributed by atoms with Gasteiger partial charge >= 0.3 is 6.03 Å². The quantitative estimate of drug-likeness (QED) is 0.186. The first-order chi connectivity index (χ1) is 20.3. The number of nitrogens with one attached hydrogen (secondary N) is 2. The Morgan fingerprint density at radius 2 is 1.69 bits per heavy atom. The van der Waals surface area contributed by atoms with Gasteiger partial charge in [0.25, 0.3) is 0 Å². The lowest BCUT2D eigenvalue weighted by Crippen LogP contribution is -2.46. The fraction of sp³-hybridized carbons (Fsp3) is 0.290. The summed E-state index contributed by atoms with van der Waals surface area (Å²) < 4.78 is 16.1. The van der Waals surface area contributed by atoms with Gasteiger partial charge in [-0.2, -0.15) is 0 Å². The first kappa shape index (κ1) is 31.0. The molecule has 0 fully saturated rings. The maximum Gasteiger partial charge on any atom is 0.322 e.